The molecule has 4 nitrogen and oxygen atoms in total. The van der Waals surface area contributed by atoms with Crippen molar-refractivity contribution in [3.63, 3.8) is 0 Å². The number of hydrogen-bond donors (Lipinski definition) is 0. The second-order valence-corrected chi connectivity index (χ2v) is 7.58. The minimum absolute atomic E-state index is 0.0621. The van der Waals surface area contributed by atoms with Crippen LogP contribution >= 0.6 is 23.4 Å². The van der Waals surface area contributed by atoms with E-state index in [1.165, 1.54) is 0 Å². The molecule has 0 aliphatic rings. The number of para-hydroxylation sites is 1. The van der Waals surface area contributed by atoms with E-state index in [9.17, 15) is 4.79 Å². The Morgan fingerprint density at radius 2 is 1.84 bits per heavy atom. The quantitative estimate of drug-likeness (QED) is 0.499. The molecule has 0 saturated heterocycles. The lowest BCUT2D eigenvalue weighted by molar-refractivity contribution is 0.340. The maximum absolute atomic E-state index is 13.1. The minimum atomic E-state index is -0.0621. The van der Waals surface area contributed by atoms with E-state index in [4.69, 9.17) is 16.6 Å². The number of aromatic nitrogens is 2. The van der Waals surface area contributed by atoms with Crippen molar-refractivity contribution in [1.29, 1.82) is 0 Å². The highest BCUT2D eigenvalue weighted by molar-refractivity contribution is 7.99. The molecule has 1 heterocycles. The molecule has 0 amide bonds. The second kappa shape index (κ2) is 7.60. The van der Waals surface area contributed by atoms with Crippen molar-refractivity contribution in [1.82, 2.24) is 14.5 Å². The SMILES string of the molecule is C[C@H](CSc1nc2ccccc2c(=O)n1-c1ccc(Cl)cc1)N(C)C. The van der Waals surface area contributed by atoms with E-state index in [0.29, 0.717) is 21.6 Å². The first-order chi connectivity index (χ1) is 12.0. The first-order valence-electron chi connectivity index (χ1n) is 8.04. The summed E-state index contributed by atoms with van der Waals surface area (Å²) in [6, 6.07) is 15.1. The zero-order chi connectivity index (χ0) is 18.0. The van der Waals surface area contributed by atoms with E-state index < -0.39 is 0 Å². The molecule has 1 atom stereocenters. The number of benzene rings is 2. The standard InChI is InChI=1S/C19H20ClN3OS/c1-13(22(2)3)12-25-19-21-17-7-5-4-6-16(17)18(24)23(19)15-10-8-14(20)9-11-15/h4-11,13H,12H2,1-3H3/t13-/m1/s1. The van der Waals surface area contributed by atoms with Gasteiger partial charge in [0.15, 0.2) is 5.16 Å². The van der Waals surface area contributed by atoms with Crippen molar-refractivity contribution >= 4 is 34.3 Å². The molecule has 0 unspecified atom stereocenters. The molecule has 2 aromatic carbocycles. The van der Waals surface area contributed by atoms with Crippen molar-refractivity contribution in [2.45, 2.75) is 18.1 Å². The van der Waals surface area contributed by atoms with Gasteiger partial charge in [-0.25, -0.2) is 4.98 Å². The smallest absolute Gasteiger partial charge is 0.266 e. The van der Waals surface area contributed by atoms with Crippen molar-refractivity contribution in [3.8, 4) is 5.69 Å². The minimum Gasteiger partial charge on any atom is -0.306 e. The summed E-state index contributed by atoms with van der Waals surface area (Å²) in [7, 11) is 4.09. The Morgan fingerprint density at radius 1 is 1.16 bits per heavy atom. The van der Waals surface area contributed by atoms with Crippen LogP contribution in [0.15, 0.2) is 58.5 Å². The summed E-state index contributed by atoms with van der Waals surface area (Å²) in [6.45, 7) is 2.15. The Morgan fingerprint density at radius 3 is 2.52 bits per heavy atom. The molecule has 3 aromatic rings. The third kappa shape index (κ3) is 3.89. The van der Waals surface area contributed by atoms with Crippen LogP contribution in [0.1, 0.15) is 6.92 Å². The molecule has 0 saturated carbocycles. The van der Waals surface area contributed by atoms with Gasteiger partial charge in [-0.2, -0.15) is 0 Å². The number of fused-ring (bicyclic) bond motifs is 1. The predicted octanol–water partition coefficient (Wildman–Crippen LogP) is 4.08. The fourth-order valence-corrected chi connectivity index (χ4v) is 3.67. The maximum atomic E-state index is 13.1. The van der Waals surface area contributed by atoms with Crippen LogP contribution in [-0.4, -0.2) is 40.3 Å². The summed E-state index contributed by atoms with van der Waals surface area (Å²) in [4.78, 5) is 20.0. The van der Waals surface area contributed by atoms with Crippen molar-refractivity contribution < 1.29 is 0 Å². The maximum Gasteiger partial charge on any atom is 0.266 e. The monoisotopic (exact) mass is 373 g/mol. The third-order valence-corrected chi connectivity index (χ3v) is 5.60. The van der Waals surface area contributed by atoms with Gasteiger partial charge in [-0.15, -0.1) is 0 Å². The van der Waals surface area contributed by atoms with Crippen LogP contribution in [0.5, 0.6) is 0 Å². The van der Waals surface area contributed by atoms with E-state index in [1.807, 2.05) is 50.5 Å². The van der Waals surface area contributed by atoms with Crippen molar-refractivity contribution in [2.75, 3.05) is 19.8 Å². The van der Waals surface area contributed by atoms with Crippen LogP contribution in [-0.2, 0) is 0 Å². The van der Waals surface area contributed by atoms with E-state index in [0.717, 1.165) is 17.0 Å². The summed E-state index contributed by atoms with van der Waals surface area (Å²) in [5, 5.41) is 1.95. The molecule has 0 spiro atoms. The first kappa shape index (κ1) is 18.0. The fraction of sp³-hybridized carbons (Fsp3) is 0.263. The fourth-order valence-electron chi connectivity index (χ4n) is 2.37. The molecule has 25 heavy (non-hydrogen) atoms. The van der Waals surface area contributed by atoms with Crippen LogP contribution < -0.4 is 5.56 Å². The molecule has 130 valence electrons. The highest BCUT2D eigenvalue weighted by Gasteiger charge is 2.15. The number of rotatable bonds is 5. The third-order valence-electron chi connectivity index (χ3n) is 4.16. The topological polar surface area (TPSA) is 38.1 Å². The Balaban J connectivity index is 2.14. The highest BCUT2D eigenvalue weighted by Crippen LogP contribution is 2.23. The van der Waals surface area contributed by atoms with Gasteiger partial charge in [-0.1, -0.05) is 35.5 Å². The molecule has 0 fully saturated rings. The van der Waals surface area contributed by atoms with Gasteiger partial charge in [-0.3, -0.25) is 9.36 Å². The molecule has 0 bridgehead atoms. The lowest BCUT2D eigenvalue weighted by atomic mass is 10.2. The summed E-state index contributed by atoms with van der Waals surface area (Å²) in [6.07, 6.45) is 0. The lowest BCUT2D eigenvalue weighted by Crippen LogP contribution is -2.28. The number of hydrogen-bond acceptors (Lipinski definition) is 4. The molecular formula is C19H20ClN3OS. The zero-order valence-electron chi connectivity index (χ0n) is 14.4. The summed E-state index contributed by atoms with van der Waals surface area (Å²) >= 11 is 7.59. The van der Waals surface area contributed by atoms with Gasteiger partial charge in [0.2, 0.25) is 0 Å². The Hall–Kier alpha value is -1.82. The van der Waals surface area contributed by atoms with Crippen LogP contribution in [0, 0.1) is 0 Å². The highest BCUT2D eigenvalue weighted by atomic mass is 35.5. The normalized spacial score (nSPS) is 12.7. The first-order valence-corrected chi connectivity index (χ1v) is 9.40. The van der Waals surface area contributed by atoms with E-state index >= 15 is 0 Å². The largest absolute Gasteiger partial charge is 0.306 e. The van der Waals surface area contributed by atoms with Crippen LogP contribution in [0.25, 0.3) is 16.6 Å². The van der Waals surface area contributed by atoms with Gasteiger partial charge >= 0.3 is 0 Å². The van der Waals surface area contributed by atoms with Crippen molar-refractivity contribution in [3.05, 3.63) is 63.9 Å². The number of thioether (sulfide) groups is 1. The van der Waals surface area contributed by atoms with Crippen molar-refractivity contribution in [2.24, 2.45) is 0 Å². The van der Waals surface area contributed by atoms with Gasteiger partial charge in [0.05, 0.1) is 16.6 Å². The summed E-state index contributed by atoms with van der Waals surface area (Å²) in [5.41, 5.74) is 1.43. The van der Waals surface area contributed by atoms with E-state index in [-0.39, 0.29) is 5.56 Å². The van der Waals surface area contributed by atoms with Crippen LogP contribution in [0.2, 0.25) is 5.02 Å². The van der Waals surface area contributed by atoms with Gasteiger partial charge in [0, 0.05) is 16.8 Å². The van der Waals surface area contributed by atoms with Gasteiger partial charge in [0.25, 0.3) is 5.56 Å². The number of halogens is 1. The molecule has 0 aliphatic carbocycles. The van der Waals surface area contributed by atoms with E-state index in [2.05, 4.69) is 11.8 Å². The Bertz CT molecular complexity index is 938. The molecule has 0 radical (unpaired) electrons. The predicted molar refractivity (Wildman–Crippen MR) is 106 cm³/mol. The molecule has 6 heteroatoms. The van der Waals surface area contributed by atoms with Gasteiger partial charge in [-0.05, 0) is 57.4 Å². The average molecular weight is 374 g/mol. The summed E-state index contributed by atoms with van der Waals surface area (Å²) in [5.74, 6) is 0.839. The Labute approximate surface area is 156 Å². The molecule has 0 N–H and O–H groups in total. The lowest BCUT2D eigenvalue weighted by Gasteiger charge is -2.20. The van der Waals surface area contributed by atoms with Crippen LogP contribution in [0.3, 0.4) is 0 Å². The molecule has 1 aromatic heterocycles. The molecular weight excluding hydrogens is 354 g/mol. The van der Waals surface area contributed by atoms with Crippen LogP contribution in [0.4, 0.5) is 0 Å². The Kier molecular flexibility index (Phi) is 5.47. The summed E-state index contributed by atoms with van der Waals surface area (Å²) < 4.78 is 1.67. The van der Waals surface area contributed by atoms with E-state index in [1.54, 1.807) is 28.5 Å². The van der Waals surface area contributed by atoms with Gasteiger partial charge < -0.3 is 4.90 Å². The van der Waals surface area contributed by atoms with Gasteiger partial charge in [0.1, 0.15) is 0 Å². The average Bonchev–Trinajstić information content (AvgIpc) is 2.61. The molecule has 3 rings (SSSR count). The zero-order valence-corrected chi connectivity index (χ0v) is 16.0. The molecule has 0 aliphatic heterocycles. The second-order valence-electron chi connectivity index (χ2n) is 6.15. The number of nitrogens with zero attached hydrogens (tertiary/aromatic N) is 3.